The molecule has 100 valence electrons. The molecular weight excluding hydrogens is 230 g/mol. The summed E-state index contributed by atoms with van der Waals surface area (Å²) in [4.78, 5) is 0. The van der Waals surface area contributed by atoms with Crippen LogP contribution in [0.1, 0.15) is 12.0 Å². The lowest BCUT2D eigenvalue weighted by atomic mass is 10.1. The molecule has 1 atom stereocenters. The van der Waals surface area contributed by atoms with Crippen molar-refractivity contribution in [2.24, 2.45) is 5.92 Å². The van der Waals surface area contributed by atoms with Crippen LogP contribution in [0.15, 0.2) is 18.2 Å². The highest BCUT2D eigenvalue weighted by Crippen LogP contribution is 2.30. The molecule has 1 aliphatic rings. The SMILES string of the molecule is COc1cccc(CNCC2CCOC2)c1OC. The van der Waals surface area contributed by atoms with Crippen LogP contribution in [0, 0.1) is 5.92 Å². The van der Waals surface area contributed by atoms with Gasteiger partial charge >= 0.3 is 0 Å². The lowest BCUT2D eigenvalue weighted by Gasteiger charge is -2.14. The summed E-state index contributed by atoms with van der Waals surface area (Å²) in [6, 6.07) is 5.95. The van der Waals surface area contributed by atoms with Gasteiger partial charge in [-0.2, -0.15) is 0 Å². The van der Waals surface area contributed by atoms with Crippen molar-refractivity contribution in [2.45, 2.75) is 13.0 Å². The Hall–Kier alpha value is -1.26. The van der Waals surface area contributed by atoms with Crippen molar-refractivity contribution in [2.75, 3.05) is 34.0 Å². The Kier molecular flexibility index (Phi) is 4.84. The van der Waals surface area contributed by atoms with Crippen LogP contribution in [0.4, 0.5) is 0 Å². The Morgan fingerprint density at radius 2 is 2.22 bits per heavy atom. The van der Waals surface area contributed by atoms with Gasteiger partial charge in [0.2, 0.25) is 0 Å². The predicted molar refractivity (Wildman–Crippen MR) is 70.2 cm³/mol. The highest BCUT2D eigenvalue weighted by molar-refractivity contribution is 5.46. The maximum Gasteiger partial charge on any atom is 0.165 e. The number of hydrogen-bond donors (Lipinski definition) is 1. The molecule has 18 heavy (non-hydrogen) atoms. The van der Waals surface area contributed by atoms with Crippen molar-refractivity contribution in [1.29, 1.82) is 0 Å². The third-order valence-electron chi connectivity index (χ3n) is 3.26. The van der Waals surface area contributed by atoms with Crippen LogP contribution in [0.2, 0.25) is 0 Å². The van der Waals surface area contributed by atoms with Gasteiger partial charge in [0.25, 0.3) is 0 Å². The van der Waals surface area contributed by atoms with Gasteiger partial charge < -0.3 is 19.5 Å². The summed E-state index contributed by atoms with van der Waals surface area (Å²) in [6.07, 6.45) is 1.16. The Morgan fingerprint density at radius 1 is 1.33 bits per heavy atom. The molecule has 0 spiro atoms. The number of benzene rings is 1. The Bertz CT molecular complexity index is 375. The maximum absolute atomic E-state index is 5.40. The molecule has 0 radical (unpaired) electrons. The average Bonchev–Trinajstić information content (AvgIpc) is 2.91. The molecule has 0 aliphatic carbocycles. The molecule has 1 heterocycles. The number of ether oxygens (including phenoxy) is 3. The van der Waals surface area contributed by atoms with Crippen LogP contribution in [0.25, 0.3) is 0 Å². The lowest BCUT2D eigenvalue weighted by molar-refractivity contribution is 0.185. The van der Waals surface area contributed by atoms with E-state index in [4.69, 9.17) is 14.2 Å². The van der Waals surface area contributed by atoms with E-state index in [1.165, 1.54) is 0 Å². The number of rotatable bonds is 6. The van der Waals surface area contributed by atoms with Gasteiger partial charge in [0, 0.05) is 25.3 Å². The molecule has 4 nitrogen and oxygen atoms in total. The highest BCUT2D eigenvalue weighted by atomic mass is 16.5. The van der Waals surface area contributed by atoms with Gasteiger partial charge in [-0.05, 0) is 18.4 Å². The Balaban J connectivity index is 1.91. The number of nitrogens with one attached hydrogen (secondary N) is 1. The molecular formula is C14H21NO3. The van der Waals surface area contributed by atoms with Crippen LogP contribution in [0.3, 0.4) is 0 Å². The average molecular weight is 251 g/mol. The third-order valence-corrected chi connectivity index (χ3v) is 3.26. The Morgan fingerprint density at radius 3 is 2.89 bits per heavy atom. The van der Waals surface area contributed by atoms with Crippen molar-refractivity contribution in [3.05, 3.63) is 23.8 Å². The second-order valence-electron chi connectivity index (χ2n) is 4.51. The van der Waals surface area contributed by atoms with E-state index in [9.17, 15) is 0 Å². The minimum absolute atomic E-state index is 0.640. The van der Waals surface area contributed by atoms with Crippen molar-refractivity contribution in [3.63, 3.8) is 0 Å². The van der Waals surface area contributed by atoms with E-state index >= 15 is 0 Å². The van der Waals surface area contributed by atoms with Crippen LogP contribution < -0.4 is 14.8 Å². The standard InChI is InChI=1S/C14H21NO3/c1-16-13-5-3-4-12(14(13)17-2)9-15-8-11-6-7-18-10-11/h3-5,11,15H,6-10H2,1-2H3. The van der Waals surface area contributed by atoms with Crippen molar-refractivity contribution in [3.8, 4) is 11.5 Å². The molecule has 0 amide bonds. The third kappa shape index (κ3) is 3.15. The number of hydrogen-bond acceptors (Lipinski definition) is 4. The zero-order chi connectivity index (χ0) is 12.8. The van der Waals surface area contributed by atoms with Gasteiger partial charge in [0.05, 0.1) is 20.8 Å². The molecule has 1 unspecified atom stereocenters. The molecule has 1 aliphatic heterocycles. The van der Waals surface area contributed by atoms with Gasteiger partial charge in [-0.25, -0.2) is 0 Å². The van der Waals surface area contributed by atoms with E-state index in [0.29, 0.717) is 5.92 Å². The first-order chi connectivity index (χ1) is 8.85. The normalized spacial score (nSPS) is 18.9. The summed E-state index contributed by atoms with van der Waals surface area (Å²) in [7, 11) is 3.33. The first-order valence-electron chi connectivity index (χ1n) is 6.33. The fraction of sp³-hybridized carbons (Fsp3) is 0.571. The highest BCUT2D eigenvalue weighted by Gasteiger charge is 2.15. The van der Waals surface area contributed by atoms with Crippen LogP contribution >= 0.6 is 0 Å². The maximum atomic E-state index is 5.40. The Labute approximate surface area is 108 Å². The van der Waals surface area contributed by atoms with E-state index in [1.807, 2.05) is 12.1 Å². The fourth-order valence-electron chi connectivity index (χ4n) is 2.25. The molecule has 1 N–H and O–H groups in total. The second-order valence-corrected chi connectivity index (χ2v) is 4.51. The summed E-state index contributed by atoms with van der Waals surface area (Å²) >= 11 is 0. The van der Waals surface area contributed by atoms with Gasteiger partial charge in [0.15, 0.2) is 11.5 Å². The molecule has 1 aromatic carbocycles. The summed E-state index contributed by atoms with van der Waals surface area (Å²) in [5.74, 6) is 2.23. The topological polar surface area (TPSA) is 39.7 Å². The van der Waals surface area contributed by atoms with Crippen molar-refractivity contribution >= 4 is 0 Å². The molecule has 4 heteroatoms. The minimum atomic E-state index is 0.640. The summed E-state index contributed by atoms with van der Waals surface area (Å²) in [6.45, 7) is 3.55. The quantitative estimate of drug-likeness (QED) is 0.837. The predicted octanol–water partition coefficient (Wildman–Crippen LogP) is 1.83. The number of methoxy groups -OCH3 is 2. The van der Waals surface area contributed by atoms with E-state index in [-0.39, 0.29) is 0 Å². The lowest BCUT2D eigenvalue weighted by Crippen LogP contribution is -2.22. The van der Waals surface area contributed by atoms with E-state index < -0.39 is 0 Å². The van der Waals surface area contributed by atoms with Gasteiger partial charge in [-0.15, -0.1) is 0 Å². The second kappa shape index (κ2) is 6.61. The molecule has 1 saturated heterocycles. The van der Waals surface area contributed by atoms with E-state index in [2.05, 4.69) is 11.4 Å². The van der Waals surface area contributed by atoms with Crippen LogP contribution in [0.5, 0.6) is 11.5 Å². The molecule has 1 fully saturated rings. The summed E-state index contributed by atoms with van der Waals surface area (Å²) in [5, 5.41) is 3.45. The smallest absolute Gasteiger partial charge is 0.165 e. The largest absolute Gasteiger partial charge is 0.493 e. The summed E-state index contributed by atoms with van der Waals surface area (Å²) < 4.78 is 16.0. The van der Waals surface area contributed by atoms with E-state index in [0.717, 1.165) is 49.8 Å². The van der Waals surface area contributed by atoms with Gasteiger partial charge in [-0.3, -0.25) is 0 Å². The van der Waals surface area contributed by atoms with Crippen molar-refractivity contribution < 1.29 is 14.2 Å². The molecule has 0 saturated carbocycles. The van der Waals surface area contributed by atoms with E-state index in [1.54, 1.807) is 14.2 Å². The first-order valence-corrected chi connectivity index (χ1v) is 6.33. The summed E-state index contributed by atoms with van der Waals surface area (Å²) in [5.41, 5.74) is 1.12. The zero-order valence-electron chi connectivity index (χ0n) is 11.1. The molecule has 1 aromatic rings. The minimum Gasteiger partial charge on any atom is -0.493 e. The zero-order valence-corrected chi connectivity index (χ0v) is 11.1. The first kappa shape index (κ1) is 13.2. The molecule has 2 rings (SSSR count). The van der Waals surface area contributed by atoms with Crippen LogP contribution in [-0.4, -0.2) is 34.0 Å². The molecule has 0 aromatic heterocycles. The van der Waals surface area contributed by atoms with Crippen LogP contribution in [-0.2, 0) is 11.3 Å². The van der Waals surface area contributed by atoms with Crippen molar-refractivity contribution in [1.82, 2.24) is 5.32 Å². The van der Waals surface area contributed by atoms with Gasteiger partial charge in [0.1, 0.15) is 0 Å². The van der Waals surface area contributed by atoms with Gasteiger partial charge in [-0.1, -0.05) is 12.1 Å². The monoisotopic (exact) mass is 251 g/mol. The fourth-order valence-corrected chi connectivity index (χ4v) is 2.25. The number of para-hydroxylation sites is 1. The molecule has 0 bridgehead atoms.